The van der Waals surface area contributed by atoms with Crippen molar-refractivity contribution in [1.82, 2.24) is 20.1 Å². The smallest absolute Gasteiger partial charge is 0.328 e. The van der Waals surface area contributed by atoms with Crippen LogP contribution in [0.2, 0.25) is 0 Å². The van der Waals surface area contributed by atoms with Crippen LogP contribution in [0.3, 0.4) is 0 Å². The highest BCUT2D eigenvalue weighted by Crippen LogP contribution is 2.31. The second-order valence-electron chi connectivity index (χ2n) is 8.41. The number of amides is 1. The third kappa shape index (κ3) is 4.51. The van der Waals surface area contributed by atoms with Crippen molar-refractivity contribution in [2.45, 2.75) is 50.5 Å². The van der Waals surface area contributed by atoms with Crippen molar-refractivity contribution in [3.05, 3.63) is 41.4 Å². The molecule has 32 heavy (non-hydrogen) atoms. The summed E-state index contributed by atoms with van der Waals surface area (Å²) in [7, 11) is 1.34. The Labute approximate surface area is 190 Å². The molecule has 170 valence electrons. The van der Waals surface area contributed by atoms with E-state index in [9.17, 15) is 9.59 Å². The SMILES string of the molecule is COC(=O)[C@H]1Cc2c([nH]c3ccccc23)CN1C(=O)CSc1nnc([C@@H]([NH3+])CC(C)C)o1. The lowest BCUT2D eigenvalue weighted by molar-refractivity contribution is -0.435. The first kappa shape index (κ1) is 22.3. The molecule has 0 aliphatic carbocycles. The highest BCUT2D eigenvalue weighted by Gasteiger charge is 2.37. The Kier molecular flexibility index (Phi) is 6.52. The Morgan fingerprint density at radius 1 is 1.34 bits per heavy atom. The van der Waals surface area contributed by atoms with Crippen molar-refractivity contribution in [2.75, 3.05) is 12.9 Å². The van der Waals surface area contributed by atoms with Crippen molar-refractivity contribution in [3.8, 4) is 0 Å². The minimum Gasteiger partial charge on any atom is -0.467 e. The minimum atomic E-state index is -0.673. The van der Waals surface area contributed by atoms with Gasteiger partial charge >= 0.3 is 5.97 Å². The molecule has 10 heteroatoms. The number of nitrogens with zero attached hydrogens (tertiary/aromatic N) is 3. The molecule has 3 aromatic rings. The zero-order valence-electron chi connectivity index (χ0n) is 18.5. The van der Waals surface area contributed by atoms with Crippen LogP contribution in [0, 0.1) is 5.92 Å². The van der Waals surface area contributed by atoms with Gasteiger partial charge in [0.1, 0.15) is 6.04 Å². The summed E-state index contributed by atoms with van der Waals surface area (Å²) < 4.78 is 10.7. The Hall–Kier alpha value is -2.85. The molecule has 1 aromatic carbocycles. The second kappa shape index (κ2) is 9.33. The first-order chi connectivity index (χ1) is 15.4. The predicted molar refractivity (Wildman–Crippen MR) is 118 cm³/mol. The number of ether oxygens (including phenoxy) is 1. The zero-order valence-corrected chi connectivity index (χ0v) is 19.3. The number of carbonyl (C=O) groups excluding carboxylic acids is 2. The van der Waals surface area contributed by atoms with E-state index in [0.717, 1.165) is 28.6 Å². The van der Waals surface area contributed by atoms with E-state index in [1.807, 2.05) is 24.3 Å². The van der Waals surface area contributed by atoms with Crippen LogP contribution in [0.25, 0.3) is 10.9 Å². The summed E-state index contributed by atoms with van der Waals surface area (Å²) in [6.45, 7) is 4.53. The molecule has 0 radical (unpaired) electrons. The summed E-state index contributed by atoms with van der Waals surface area (Å²) >= 11 is 1.17. The lowest BCUT2D eigenvalue weighted by atomic mass is 9.96. The third-order valence-corrected chi connectivity index (χ3v) is 6.45. The lowest BCUT2D eigenvalue weighted by Gasteiger charge is -2.33. The van der Waals surface area contributed by atoms with Crippen LogP contribution in [0.5, 0.6) is 0 Å². The molecule has 1 aliphatic heterocycles. The largest absolute Gasteiger partial charge is 0.467 e. The quantitative estimate of drug-likeness (QED) is 0.410. The highest BCUT2D eigenvalue weighted by atomic mass is 32.2. The number of nitrogens with one attached hydrogen (secondary N) is 1. The molecule has 0 unspecified atom stereocenters. The molecule has 1 amide bonds. The molecule has 0 saturated carbocycles. The summed E-state index contributed by atoms with van der Waals surface area (Å²) in [6, 6.07) is 7.18. The minimum absolute atomic E-state index is 0.0800. The number of rotatable bonds is 7. The molecule has 0 saturated heterocycles. The molecular weight excluding hydrogens is 430 g/mol. The molecular formula is C22H28N5O4S+. The number of fused-ring (bicyclic) bond motifs is 3. The number of aromatic nitrogens is 3. The van der Waals surface area contributed by atoms with E-state index in [-0.39, 0.29) is 17.7 Å². The molecule has 0 fully saturated rings. The standard InChI is InChI=1S/C22H27N5O4S/c1-12(2)8-15(23)20-25-26-22(31-20)32-11-19(28)27-10-17-14(9-18(27)21(29)30-3)13-6-4-5-7-16(13)24-17/h4-7,12,15,18,24H,8-11,23H2,1-3H3/p+1/t15-,18+/m0/s1. The van der Waals surface area contributed by atoms with Gasteiger partial charge in [-0.15, -0.1) is 10.2 Å². The van der Waals surface area contributed by atoms with E-state index < -0.39 is 12.0 Å². The average Bonchev–Trinajstić information content (AvgIpc) is 3.40. The number of hydrogen-bond donors (Lipinski definition) is 2. The van der Waals surface area contributed by atoms with Crippen molar-refractivity contribution < 1.29 is 24.5 Å². The van der Waals surface area contributed by atoms with Crippen molar-refractivity contribution in [1.29, 1.82) is 0 Å². The molecule has 0 bridgehead atoms. The lowest BCUT2D eigenvalue weighted by Crippen LogP contribution is -2.54. The van der Waals surface area contributed by atoms with Gasteiger partial charge in [-0.1, -0.05) is 43.8 Å². The van der Waals surface area contributed by atoms with E-state index >= 15 is 0 Å². The van der Waals surface area contributed by atoms with Gasteiger partial charge in [-0.05, 0) is 17.5 Å². The molecule has 3 heterocycles. The number of aromatic amines is 1. The number of quaternary nitrogens is 1. The maximum Gasteiger partial charge on any atom is 0.328 e. The predicted octanol–water partition coefficient (Wildman–Crippen LogP) is 2.10. The van der Waals surface area contributed by atoms with E-state index in [1.54, 1.807) is 4.90 Å². The van der Waals surface area contributed by atoms with Gasteiger partial charge in [-0.3, -0.25) is 4.79 Å². The monoisotopic (exact) mass is 458 g/mol. The summed E-state index contributed by atoms with van der Waals surface area (Å²) in [6.07, 6.45) is 1.25. The zero-order chi connectivity index (χ0) is 22.8. The molecule has 2 atom stereocenters. The Morgan fingerprint density at radius 2 is 2.12 bits per heavy atom. The number of thioether (sulfide) groups is 1. The summed E-state index contributed by atoms with van der Waals surface area (Å²) in [5.74, 6) is 0.403. The fourth-order valence-electron chi connectivity index (χ4n) is 4.14. The molecule has 9 nitrogen and oxygen atoms in total. The summed E-state index contributed by atoms with van der Waals surface area (Å²) in [4.78, 5) is 30.6. The Balaban J connectivity index is 1.48. The summed E-state index contributed by atoms with van der Waals surface area (Å²) in [5.41, 5.74) is 7.07. The number of benzene rings is 1. The topological polar surface area (TPSA) is 129 Å². The van der Waals surface area contributed by atoms with Gasteiger partial charge in [0.15, 0.2) is 6.04 Å². The van der Waals surface area contributed by atoms with Gasteiger partial charge in [0.25, 0.3) is 11.1 Å². The first-order valence-electron chi connectivity index (χ1n) is 10.6. The van der Waals surface area contributed by atoms with E-state index in [1.165, 1.54) is 18.9 Å². The van der Waals surface area contributed by atoms with Gasteiger partial charge < -0.3 is 24.8 Å². The van der Waals surface area contributed by atoms with E-state index in [2.05, 4.69) is 34.8 Å². The second-order valence-corrected chi connectivity index (χ2v) is 9.34. The molecule has 1 aliphatic rings. The molecule has 4 rings (SSSR count). The van der Waals surface area contributed by atoms with Crippen LogP contribution in [0.4, 0.5) is 0 Å². The average molecular weight is 459 g/mol. The van der Waals surface area contributed by atoms with Crippen LogP contribution in [0.15, 0.2) is 33.9 Å². The fraction of sp³-hybridized carbons (Fsp3) is 0.455. The Bertz CT molecular complexity index is 1120. The van der Waals surface area contributed by atoms with Crippen molar-refractivity contribution >= 4 is 34.5 Å². The van der Waals surface area contributed by atoms with Crippen molar-refractivity contribution in [2.24, 2.45) is 5.92 Å². The number of para-hydroxylation sites is 1. The van der Waals surface area contributed by atoms with Gasteiger partial charge in [-0.2, -0.15) is 0 Å². The number of esters is 1. The fourth-order valence-corrected chi connectivity index (χ4v) is 4.79. The van der Waals surface area contributed by atoms with E-state index in [4.69, 9.17) is 9.15 Å². The number of hydrogen-bond acceptors (Lipinski definition) is 7. The van der Waals surface area contributed by atoms with Crippen LogP contribution in [-0.2, 0) is 27.3 Å². The Morgan fingerprint density at radius 3 is 2.88 bits per heavy atom. The van der Waals surface area contributed by atoms with Gasteiger partial charge in [0.2, 0.25) is 5.91 Å². The number of H-pyrrole nitrogens is 1. The first-order valence-corrected chi connectivity index (χ1v) is 11.6. The van der Waals surface area contributed by atoms with E-state index in [0.29, 0.717) is 30.0 Å². The van der Waals surface area contributed by atoms with Crippen LogP contribution >= 0.6 is 11.8 Å². The molecule has 0 spiro atoms. The number of methoxy groups -OCH3 is 1. The maximum atomic E-state index is 13.1. The van der Waals surface area contributed by atoms with Gasteiger partial charge in [0, 0.05) is 29.4 Å². The molecule has 4 N–H and O–H groups in total. The highest BCUT2D eigenvalue weighted by molar-refractivity contribution is 7.99. The van der Waals surface area contributed by atoms with Crippen LogP contribution in [-0.4, -0.2) is 50.9 Å². The van der Waals surface area contributed by atoms with Gasteiger partial charge in [0.05, 0.1) is 19.4 Å². The third-order valence-electron chi connectivity index (χ3n) is 5.64. The van der Waals surface area contributed by atoms with Crippen LogP contribution < -0.4 is 5.73 Å². The normalized spacial score (nSPS) is 16.9. The molecule has 2 aromatic heterocycles. The summed E-state index contributed by atoms with van der Waals surface area (Å²) in [5, 5.41) is 9.49. The van der Waals surface area contributed by atoms with Gasteiger partial charge in [-0.25, -0.2) is 4.79 Å². The van der Waals surface area contributed by atoms with Crippen molar-refractivity contribution in [3.63, 3.8) is 0 Å². The van der Waals surface area contributed by atoms with Crippen LogP contribution in [0.1, 0.15) is 43.5 Å². The maximum absolute atomic E-state index is 13.1. The number of carbonyl (C=O) groups is 2.